The van der Waals surface area contributed by atoms with Crippen LogP contribution in [0.25, 0.3) is 0 Å². The van der Waals surface area contributed by atoms with Gasteiger partial charge in [0.2, 0.25) is 5.91 Å². The van der Waals surface area contributed by atoms with Crippen LogP contribution in [0.3, 0.4) is 0 Å². The van der Waals surface area contributed by atoms with Crippen molar-refractivity contribution < 1.29 is 26.9 Å². The first-order chi connectivity index (χ1) is 13.9. The number of methoxy groups -OCH3 is 1. The van der Waals surface area contributed by atoms with Crippen molar-refractivity contribution in [3.05, 3.63) is 54.1 Å². The molecule has 0 atom stereocenters. The quantitative estimate of drug-likeness (QED) is 0.416. The molecule has 0 aliphatic rings. The van der Waals surface area contributed by atoms with Gasteiger partial charge in [-0.1, -0.05) is 17.7 Å². The highest BCUT2D eigenvalue weighted by Crippen LogP contribution is 2.17. The first-order valence-corrected chi connectivity index (χ1v) is 10.8. The van der Waals surface area contributed by atoms with Gasteiger partial charge in [0.05, 0.1) is 18.1 Å². The van der Waals surface area contributed by atoms with Crippen molar-refractivity contribution in [1.82, 2.24) is 0 Å². The van der Waals surface area contributed by atoms with Crippen molar-refractivity contribution >= 4 is 21.7 Å². The standard InChI is InChI=1S/C21H27NO6S/c1-17-6-12-20(13-7-17)29(24,25)28-16-4-15-27-19-10-8-18(9-11-19)22-21(23)5-3-14-26-2/h6-13H,3-5,14-16H2,1-2H3,(H,22,23). The van der Waals surface area contributed by atoms with Crippen molar-refractivity contribution in [2.45, 2.75) is 31.1 Å². The molecule has 0 saturated carbocycles. The van der Waals surface area contributed by atoms with E-state index in [-0.39, 0.29) is 17.4 Å². The van der Waals surface area contributed by atoms with Crippen molar-refractivity contribution in [2.24, 2.45) is 0 Å². The first kappa shape index (κ1) is 22.9. The third-order valence-corrected chi connectivity index (χ3v) is 5.32. The summed E-state index contributed by atoms with van der Waals surface area (Å²) in [5.41, 5.74) is 1.67. The summed E-state index contributed by atoms with van der Waals surface area (Å²) >= 11 is 0. The normalized spacial score (nSPS) is 11.2. The lowest BCUT2D eigenvalue weighted by Crippen LogP contribution is -2.12. The monoisotopic (exact) mass is 421 g/mol. The van der Waals surface area contributed by atoms with Crippen LogP contribution in [0, 0.1) is 6.92 Å². The van der Waals surface area contributed by atoms with E-state index in [1.165, 1.54) is 12.1 Å². The van der Waals surface area contributed by atoms with Crippen LogP contribution in [0.2, 0.25) is 0 Å². The van der Waals surface area contributed by atoms with Crippen molar-refractivity contribution in [1.29, 1.82) is 0 Å². The molecule has 0 aromatic heterocycles. The van der Waals surface area contributed by atoms with E-state index in [2.05, 4.69) is 5.32 Å². The number of nitrogens with one attached hydrogen (secondary N) is 1. The maximum atomic E-state index is 12.1. The molecule has 2 aromatic carbocycles. The molecule has 0 unspecified atom stereocenters. The van der Waals surface area contributed by atoms with Crippen LogP contribution >= 0.6 is 0 Å². The number of amides is 1. The van der Waals surface area contributed by atoms with E-state index >= 15 is 0 Å². The van der Waals surface area contributed by atoms with Gasteiger partial charge >= 0.3 is 0 Å². The molecular weight excluding hydrogens is 394 g/mol. The smallest absolute Gasteiger partial charge is 0.296 e. The SMILES string of the molecule is COCCCC(=O)Nc1ccc(OCCCOS(=O)(=O)c2ccc(C)cc2)cc1. The number of hydrogen-bond donors (Lipinski definition) is 1. The molecule has 0 heterocycles. The van der Waals surface area contributed by atoms with Crippen LogP contribution in [-0.2, 0) is 23.8 Å². The number of benzene rings is 2. The van der Waals surface area contributed by atoms with E-state index < -0.39 is 10.1 Å². The van der Waals surface area contributed by atoms with E-state index in [4.69, 9.17) is 13.7 Å². The second-order valence-electron chi connectivity index (χ2n) is 6.46. The average Bonchev–Trinajstić information content (AvgIpc) is 2.69. The van der Waals surface area contributed by atoms with Crippen molar-refractivity contribution in [3.63, 3.8) is 0 Å². The zero-order chi connectivity index (χ0) is 21.1. The molecule has 2 rings (SSSR count). The van der Waals surface area contributed by atoms with Crippen LogP contribution in [-0.4, -0.2) is 41.3 Å². The van der Waals surface area contributed by atoms with Gasteiger partial charge in [-0.2, -0.15) is 8.42 Å². The van der Waals surface area contributed by atoms with Gasteiger partial charge in [0.1, 0.15) is 5.75 Å². The van der Waals surface area contributed by atoms with Gasteiger partial charge in [0.25, 0.3) is 10.1 Å². The fourth-order valence-electron chi connectivity index (χ4n) is 2.43. The van der Waals surface area contributed by atoms with E-state index in [1.807, 2.05) is 6.92 Å². The minimum atomic E-state index is -3.75. The Kier molecular flexibility index (Phi) is 9.11. The largest absolute Gasteiger partial charge is 0.494 e. The maximum absolute atomic E-state index is 12.1. The second-order valence-corrected chi connectivity index (χ2v) is 8.08. The Morgan fingerprint density at radius 2 is 1.62 bits per heavy atom. The highest BCUT2D eigenvalue weighted by atomic mass is 32.2. The highest BCUT2D eigenvalue weighted by molar-refractivity contribution is 7.86. The Labute approximate surface area is 172 Å². The predicted molar refractivity (Wildman–Crippen MR) is 111 cm³/mol. The van der Waals surface area contributed by atoms with Gasteiger partial charge in [0, 0.05) is 32.2 Å². The van der Waals surface area contributed by atoms with E-state index in [0.717, 1.165) is 5.56 Å². The van der Waals surface area contributed by atoms with Gasteiger partial charge in [-0.25, -0.2) is 0 Å². The van der Waals surface area contributed by atoms with Gasteiger partial charge < -0.3 is 14.8 Å². The Hall–Kier alpha value is -2.42. The highest BCUT2D eigenvalue weighted by Gasteiger charge is 2.14. The molecule has 0 aliphatic heterocycles. The zero-order valence-electron chi connectivity index (χ0n) is 16.7. The van der Waals surface area contributed by atoms with Crippen LogP contribution in [0.1, 0.15) is 24.8 Å². The number of carbonyl (C=O) groups excluding carboxylic acids is 1. The molecule has 0 saturated heterocycles. The summed E-state index contributed by atoms with van der Waals surface area (Å²) in [5.74, 6) is 0.562. The molecule has 7 nitrogen and oxygen atoms in total. The van der Waals surface area contributed by atoms with Gasteiger partial charge in [-0.05, 0) is 49.7 Å². The van der Waals surface area contributed by atoms with E-state index in [0.29, 0.717) is 43.9 Å². The van der Waals surface area contributed by atoms with Crippen LogP contribution in [0.5, 0.6) is 5.75 Å². The van der Waals surface area contributed by atoms with Crippen molar-refractivity contribution in [3.8, 4) is 5.75 Å². The lowest BCUT2D eigenvalue weighted by molar-refractivity contribution is -0.116. The number of carbonyl (C=O) groups is 1. The molecule has 0 spiro atoms. The second kappa shape index (κ2) is 11.5. The molecule has 0 aliphatic carbocycles. The molecular formula is C21H27NO6S. The lowest BCUT2D eigenvalue weighted by Gasteiger charge is -2.09. The van der Waals surface area contributed by atoms with Gasteiger partial charge in [-0.15, -0.1) is 0 Å². The van der Waals surface area contributed by atoms with E-state index in [1.54, 1.807) is 43.5 Å². The third-order valence-electron chi connectivity index (χ3n) is 4.00. The predicted octanol–water partition coefficient (Wildman–Crippen LogP) is 3.53. The summed E-state index contributed by atoms with van der Waals surface area (Å²) in [7, 11) is -2.15. The number of aryl methyl sites for hydroxylation is 1. The fourth-order valence-corrected chi connectivity index (χ4v) is 3.37. The summed E-state index contributed by atoms with van der Waals surface area (Å²) in [5, 5.41) is 2.80. The van der Waals surface area contributed by atoms with Crippen LogP contribution < -0.4 is 10.1 Å². The zero-order valence-corrected chi connectivity index (χ0v) is 17.5. The number of hydrogen-bond acceptors (Lipinski definition) is 6. The summed E-state index contributed by atoms with van der Waals surface area (Å²) < 4.78 is 39.7. The maximum Gasteiger partial charge on any atom is 0.296 e. The Bertz CT molecular complexity index is 863. The van der Waals surface area contributed by atoms with Crippen LogP contribution in [0.15, 0.2) is 53.4 Å². The Balaban J connectivity index is 1.68. The molecule has 0 fully saturated rings. The Morgan fingerprint density at radius 3 is 2.28 bits per heavy atom. The Morgan fingerprint density at radius 1 is 0.931 bits per heavy atom. The number of ether oxygens (including phenoxy) is 2. The minimum Gasteiger partial charge on any atom is -0.494 e. The van der Waals surface area contributed by atoms with Crippen LogP contribution in [0.4, 0.5) is 5.69 Å². The third kappa shape index (κ3) is 8.23. The number of anilines is 1. The molecule has 0 radical (unpaired) electrons. The van der Waals surface area contributed by atoms with Crippen molar-refractivity contribution in [2.75, 3.05) is 32.2 Å². The fraction of sp³-hybridized carbons (Fsp3) is 0.381. The summed E-state index contributed by atoms with van der Waals surface area (Å²) in [6.45, 7) is 2.78. The molecule has 1 amide bonds. The molecule has 2 aromatic rings. The van der Waals surface area contributed by atoms with E-state index in [9.17, 15) is 13.2 Å². The average molecular weight is 422 g/mol. The lowest BCUT2D eigenvalue weighted by atomic mass is 10.2. The van der Waals surface area contributed by atoms with Gasteiger partial charge in [-0.3, -0.25) is 8.98 Å². The topological polar surface area (TPSA) is 90.9 Å². The van der Waals surface area contributed by atoms with Gasteiger partial charge in [0.15, 0.2) is 0 Å². The molecule has 158 valence electrons. The summed E-state index contributed by atoms with van der Waals surface area (Å²) in [6.07, 6.45) is 1.49. The summed E-state index contributed by atoms with van der Waals surface area (Å²) in [6, 6.07) is 13.5. The minimum absolute atomic E-state index is 0.0336. The molecule has 8 heteroatoms. The summed E-state index contributed by atoms with van der Waals surface area (Å²) in [4.78, 5) is 11.9. The number of rotatable bonds is 12. The molecule has 29 heavy (non-hydrogen) atoms. The first-order valence-electron chi connectivity index (χ1n) is 9.38. The molecule has 0 bridgehead atoms. The molecule has 1 N–H and O–H groups in total.